The SMILES string of the molecule is CC(O)CCN(C)C(=O)c1cnc(NN)c(Cl)c1. The highest BCUT2D eigenvalue weighted by atomic mass is 35.5. The number of hydrogen-bond donors (Lipinski definition) is 3. The summed E-state index contributed by atoms with van der Waals surface area (Å²) in [5, 5.41) is 9.46. The Morgan fingerprint density at radius 1 is 1.72 bits per heavy atom. The van der Waals surface area contributed by atoms with Gasteiger partial charge in [-0.25, -0.2) is 10.8 Å². The van der Waals surface area contributed by atoms with E-state index in [4.69, 9.17) is 17.4 Å². The number of anilines is 1. The van der Waals surface area contributed by atoms with Gasteiger partial charge in [0.15, 0.2) is 5.82 Å². The third-order valence-corrected chi connectivity index (χ3v) is 2.74. The number of nitrogens with zero attached hydrogens (tertiary/aromatic N) is 2. The lowest BCUT2D eigenvalue weighted by molar-refractivity contribution is 0.0768. The van der Waals surface area contributed by atoms with E-state index in [1.54, 1.807) is 14.0 Å². The predicted molar refractivity (Wildman–Crippen MR) is 70.3 cm³/mol. The quantitative estimate of drug-likeness (QED) is 0.546. The molecule has 1 rings (SSSR count). The molecular weight excluding hydrogens is 256 g/mol. The number of aliphatic hydroxyl groups excluding tert-OH is 1. The Morgan fingerprint density at radius 2 is 2.39 bits per heavy atom. The first kappa shape index (κ1) is 14.7. The summed E-state index contributed by atoms with van der Waals surface area (Å²) in [6.45, 7) is 2.14. The fourth-order valence-corrected chi connectivity index (χ4v) is 1.58. The van der Waals surface area contributed by atoms with Gasteiger partial charge in [0.2, 0.25) is 0 Å². The second kappa shape index (κ2) is 6.53. The summed E-state index contributed by atoms with van der Waals surface area (Å²) in [5.74, 6) is 5.32. The molecular formula is C11H17ClN4O2. The molecule has 0 aliphatic rings. The minimum absolute atomic E-state index is 0.200. The van der Waals surface area contributed by atoms with Crippen LogP contribution in [0.3, 0.4) is 0 Å². The summed E-state index contributed by atoms with van der Waals surface area (Å²) >= 11 is 5.89. The minimum atomic E-state index is -0.439. The standard InChI is InChI=1S/C11H17ClN4O2/c1-7(17)3-4-16(2)11(18)8-5-9(12)10(15-13)14-6-8/h5-7,17H,3-4,13H2,1-2H3,(H,14,15). The van der Waals surface area contributed by atoms with Crippen LogP contribution in [0, 0.1) is 0 Å². The zero-order chi connectivity index (χ0) is 13.7. The molecule has 0 aliphatic carbocycles. The first-order chi connectivity index (χ1) is 8.45. The van der Waals surface area contributed by atoms with Crippen molar-refractivity contribution in [1.29, 1.82) is 0 Å². The smallest absolute Gasteiger partial charge is 0.255 e. The lowest BCUT2D eigenvalue weighted by Crippen LogP contribution is -2.29. The lowest BCUT2D eigenvalue weighted by Gasteiger charge is -2.18. The van der Waals surface area contributed by atoms with Crippen LogP contribution in [0.25, 0.3) is 0 Å². The zero-order valence-electron chi connectivity index (χ0n) is 10.4. The second-order valence-corrected chi connectivity index (χ2v) is 4.47. The summed E-state index contributed by atoms with van der Waals surface area (Å²) in [6, 6.07) is 1.50. The fraction of sp³-hybridized carbons (Fsp3) is 0.455. The Morgan fingerprint density at radius 3 is 2.89 bits per heavy atom. The first-order valence-electron chi connectivity index (χ1n) is 5.51. The van der Waals surface area contributed by atoms with Gasteiger partial charge in [-0.05, 0) is 19.4 Å². The fourth-order valence-electron chi connectivity index (χ4n) is 1.36. The molecule has 1 atom stereocenters. The van der Waals surface area contributed by atoms with E-state index in [0.717, 1.165) is 0 Å². The molecule has 1 amide bonds. The molecule has 0 saturated carbocycles. The van der Waals surface area contributed by atoms with Crippen LogP contribution in [-0.4, -0.2) is 40.6 Å². The number of nitrogens with two attached hydrogens (primary N) is 1. The number of rotatable bonds is 5. The van der Waals surface area contributed by atoms with E-state index in [1.165, 1.54) is 17.2 Å². The predicted octanol–water partition coefficient (Wildman–Crippen LogP) is 0.863. The number of pyridine rings is 1. The van der Waals surface area contributed by atoms with Crippen molar-refractivity contribution >= 4 is 23.3 Å². The Kier molecular flexibility index (Phi) is 5.33. The molecule has 6 nitrogen and oxygen atoms in total. The van der Waals surface area contributed by atoms with Gasteiger partial charge in [0.05, 0.1) is 16.7 Å². The molecule has 0 aromatic carbocycles. The second-order valence-electron chi connectivity index (χ2n) is 4.06. The van der Waals surface area contributed by atoms with Crippen LogP contribution < -0.4 is 11.3 Å². The van der Waals surface area contributed by atoms with Gasteiger partial charge in [0.1, 0.15) is 0 Å². The molecule has 0 aliphatic heterocycles. The number of amides is 1. The number of nitrogens with one attached hydrogen (secondary N) is 1. The third-order valence-electron chi connectivity index (χ3n) is 2.45. The topological polar surface area (TPSA) is 91.5 Å². The summed E-state index contributed by atoms with van der Waals surface area (Å²) in [4.78, 5) is 17.4. The maximum atomic E-state index is 12.0. The van der Waals surface area contributed by atoms with E-state index < -0.39 is 6.10 Å². The van der Waals surface area contributed by atoms with Crippen LogP contribution in [0.15, 0.2) is 12.3 Å². The van der Waals surface area contributed by atoms with Crippen molar-refractivity contribution in [1.82, 2.24) is 9.88 Å². The van der Waals surface area contributed by atoms with Gasteiger partial charge in [0.25, 0.3) is 5.91 Å². The van der Waals surface area contributed by atoms with Crippen LogP contribution >= 0.6 is 11.6 Å². The maximum Gasteiger partial charge on any atom is 0.255 e. The van der Waals surface area contributed by atoms with Crippen molar-refractivity contribution < 1.29 is 9.90 Å². The van der Waals surface area contributed by atoms with Crippen LogP contribution in [0.4, 0.5) is 5.82 Å². The number of aliphatic hydroxyl groups is 1. The average Bonchev–Trinajstić information content (AvgIpc) is 2.34. The largest absolute Gasteiger partial charge is 0.393 e. The Bertz CT molecular complexity index is 426. The van der Waals surface area contributed by atoms with Crippen molar-refractivity contribution in [2.24, 2.45) is 5.84 Å². The van der Waals surface area contributed by atoms with E-state index in [1.807, 2.05) is 0 Å². The molecule has 0 spiro atoms. The van der Waals surface area contributed by atoms with E-state index in [-0.39, 0.29) is 10.9 Å². The number of halogens is 1. The number of hydrazine groups is 1. The molecule has 0 bridgehead atoms. The van der Waals surface area contributed by atoms with Crippen molar-refractivity contribution in [3.05, 3.63) is 22.8 Å². The van der Waals surface area contributed by atoms with Crippen molar-refractivity contribution in [2.75, 3.05) is 19.0 Å². The van der Waals surface area contributed by atoms with Crippen LogP contribution in [-0.2, 0) is 0 Å². The highest BCUT2D eigenvalue weighted by Gasteiger charge is 2.14. The van der Waals surface area contributed by atoms with Crippen molar-refractivity contribution in [3.8, 4) is 0 Å². The van der Waals surface area contributed by atoms with E-state index in [9.17, 15) is 9.90 Å². The van der Waals surface area contributed by atoms with Crippen molar-refractivity contribution in [2.45, 2.75) is 19.4 Å². The van der Waals surface area contributed by atoms with Crippen LogP contribution in [0.2, 0.25) is 5.02 Å². The van der Waals surface area contributed by atoms with E-state index in [2.05, 4.69) is 10.4 Å². The normalized spacial score (nSPS) is 12.1. The molecule has 0 fully saturated rings. The minimum Gasteiger partial charge on any atom is -0.393 e. The molecule has 100 valence electrons. The molecule has 1 aromatic rings. The Hall–Kier alpha value is -1.37. The maximum absolute atomic E-state index is 12.0. The zero-order valence-corrected chi connectivity index (χ0v) is 11.1. The molecule has 7 heteroatoms. The molecule has 1 aromatic heterocycles. The number of nitrogen functional groups attached to an aromatic ring is 1. The summed E-state index contributed by atoms with van der Waals surface area (Å²) in [7, 11) is 1.66. The van der Waals surface area contributed by atoms with Gasteiger partial charge in [0, 0.05) is 19.8 Å². The van der Waals surface area contributed by atoms with Gasteiger partial charge >= 0.3 is 0 Å². The lowest BCUT2D eigenvalue weighted by atomic mass is 10.2. The van der Waals surface area contributed by atoms with Crippen LogP contribution in [0.5, 0.6) is 0 Å². The monoisotopic (exact) mass is 272 g/mol. The molecule has 0 saturated heterocycles. The van der Waals surface area contributed by atoms with Gasteiger partial charge in [-0.2, -0.15) is 0 Å². The molecule has 1 unspecified atom stereocenters. The summed E-state index contributed by atoms with van der Waals surface area (Å²) in [6.07, 6.45) is 1.49. The highest BCUT2D eigenvalue weighted by molar-refractivity contribution is 6.33. The molecule has 1 heterocycles. The summed E-state index contributed by atoms with van der Waals surface area (Å²) < 4.78 is 0. The van der Waals surface area contributed by atoms with Gasteiger partial charge in [-0.15, -0.1) is 0 Å². The first-order valence-corrected chi connectivity index (χ1v) is 5.89. The van der Waals surface area contributed by atoms with Crippen LogP contribution in [0.1, 0.15) is 23.7 Å². The number of aromatic nitrogens is 1. The highest BCUT2D eigenvalue weighted by Crippen LogP contribution is 2.19. The van der Waals surface area contributed by atoms with Gasteiger partial charge < -0.3 is 15.4 Å². The average molecular weight is 273 g/mol. The van der Waals surface area contributed by atoms with Gasteiger partial charge in [-0.1, -0.05) is 11.6 Å². The Balaban J connectivity index is 2.74. The third kappa shape index (κ3) is 3.83. The van der Waals surface area contributed by atoms with Crippen molar-refractivity contribution in [3.63, 3.8) is 0 Å². The number of hydrogen-bond acceptors (Lipinski definition) is 5. The number of carbonyl (C=O) groups excluding carboxylic acids is 1. The van der Waals surface area contributed by atoms with Gasteiger partial charge in [-0.3, -0.25) is 4.79 Å². The Labute approximate surface area is 111 Å². The molecule has 18 heavy (non-hydrogen) atoms. The molecule has 0 radical (unpaired) electrons. The number of carbonyl (C=O) groups is 1. The molecule has 4 N–H and O–H groups in total. The summed E-state index contributed by atoms with van der Waals surface area (Å²) in [5.41, 5.74) is 2.71. The van der Waals surface area contributed by atoms with E-state index >= 15 is 0 Å². The van der Waals surface area contributed by atoms with E-state index in [0.29, 0.717) is 24.3 Å².